The Bertz CT molecular complexity index is 758. The number of hydrogen-bond acceptors (Lipinski definition) is 4. The highest BCUT2D eigenvalue weighted by atomic mass is 16.5. The lowest BCUT2D eigenvalue weighted by molar-refractivity contribution is -0.141. The zero-order chi connectivity index (χ0) is 17.9. The topological polar surface area (TPSA) is 50.6 Å². The molecule has 6 heteroatoms. The first-order valence-electron chi connectivity index (χ1n) is 9.79. The van der Waals surface area contributed by atoms with Gasteiger partial charge < -0.3 is 14.2 Å². The number of amides is 1. The Morgan fingerprint density at radius 1 is 1.15 bits per heavy atom. The van der Waals surface area contributed by atoms with Crippen LogP contribution in [-0.2, 0) is 22.6 Å². The first kappa shape index (κ1) is 17.5. The van der Waals surface area contributed by atoms with Gasteiger partial charge in [0.2, 0.25) is 5.91 Å². The maximum atomic E-state index is 12.7. The number of nitrogens with zero attached hydrogens (tertiary/aromatic N) is 4. The van der Waals surface area contributed by atoms with Crippen LogP contribution in [0.15, 0.2) is 24.3 Å². The molecular formula is C20H28N4O2. The van der Waals surface area contributed by atoms with Crippen LogP contribution in [0, 0.1) is 5.92 Å². The van der Waals surface area contributed by atoms with Crippen LogP contribution >= 0.6 is 0 Å². The molecule has 1 aromatic carbocycles. The molecule has 6 nitrogen and oxygen atoms in total. The molecule has 2 aliphatic rings. The largest absolute Gasteiger partial charge is 0.378 e. The number of imidazole rings is 1. The first-order chi connectivity index (χ1) is 12.8. The molecule has 0 spiro atoms. The Kier molecular flexibility index (Phi) is 5.22. The summed E-state index contributed by atoms with van der Waals surface area (Å²) in [6.45, 7) is 8.75. The molecule has 3 heterocycles. The summed E-state index contributed by atoms with van der Waals surface area (Å²) in [5.74, 6) is 1.63. The summed E-state index contributed by atoms with van der Waals surface area (Å²) in [7, 11) is 0. The number of aromatic nitrogens is 2. The van der Waals surface area contributed by atoms with E-state index in [0.717, 1.165) is 63.5 Å². The Hall–Kier alpha value is -1.92. The van der Waals surface area contributed by atoms with E-state index in [9.17, 15) is 4.79 Å². The SMILES string of the molecule is CCn1c(CN2CCC(C(=O)N3CCOCC3)CC2)nc2ccccc21. The van der Waals surface area contributed by atoms with E-state index in [-0.39, 0.29) is 5.92 Å². The van der Waals surface area contributed by atoms with Crippen molar-refractivity contribution < 1.29 is 9.53 Å². The number of likely N-dealkylation sites (tertiary alicyclic amines) is 1. The molecule has 0 radical (unpaired) electrons. The van der Waals surface area contributed by atoms with Crippen molar-refractivity contribution in [1.29, 1.82) is 0 Å². The van der Waals surface area contributed by atoms with Gasteiger partial charge in [0.15, 0.2) is 0 Å². The van der Waals surface area contributed by atoms with E-state index >= 15 is 0 Å². The van der Waals surface area contributed by atoms with Gasteiger partial charge in [-0.15, -0.1) is 0 Å². The van der Waals surface area contributed by atoms with Crippen LogP contribution < -0.4 is 0 Å². The number of aryl methyl sites for hydroxylation is 1. The van der Waals surface area contributed by atoms with E-state index < -0.39 is 0 Å². The van der Waals surface area contributed by atoms with Crippen molar-refractivity contribution >= 4 is 16.9 Å². The van der Waals surface area contributed by atoms with Crippen LogP contribution in [0.4, 0.5) is 0 Å². The first-order valence-corrected chi connectivity index (χ1v) is 9.79. The molecular weight excluding hydrogens is 328 g/mol. The van der Waals surface area contributed by atoms with E-state index in [2.05, 4.69) is 34.6 Å². The van der Waals surface area contributed by atoms with Gasteiger partial charge in [-0.25, -0.2) is 4.98 Å². The second-order valence-corrected chi connectivity index (χ2v) is 7.25. The van der Waals surface area contributed by atoms with E-state index in [4.69, 9.17) is 9.72 Å². The van der Waals surface area contributed by atoms with Crippen LogP contribution in [0.1, 0.15) is 25.6 Å². The highest BCUT2D eigenvalue weighted by Gasteiger charge is 2.29. The van der Waals surface area contributed by atoms with Crippen LogP contribution in [0.2, 0.25) is 0 Å². The zero-order valence-electron chi connectivity index (χ0n) is 15.6. The third kappa shape index (κ3) is 3.48. The number of para-hydroxylation sites is 2. The molecule has 0 saturated carbocycles. The summed E-state index contributed by atoms with van der Waals surface area (Å²) < 4.78 is 7.66. The van der Waals surface area contributed by atoms with Crippen molar-refractivity contribution in [1.82, 2.24) is 19.4 Å². The number of piperidine rings is 1. The fourth-order valence-electron chi connectivity index (χ4n) is 4.18. The lowest BCUT2D eigenvalue weighted by Crippen LogP contribution is -2.46. The molecule has 26 heavy (non-hydrogen) atoms. The quantitative estimate of drug-likeness (QED) is 0.842. The van der Waals surface area contributed by atoms with Crippen LogP contribution in [0.25, 0.3) is 11.0 Å². The van der Waals surface area contributed by atoms with Crippen molar-refractivity contribution in [3.63, 3.8) is 0 Å². The standard InChI is InChI=1S/C20H28N4O2/c1-2-24-18-6-4-3-5-17(18)21-19(24)15-22-9-7-16(8-10-22)20(25)23-11-13-26-14-12-23/h3-6,16H,2,7-15H2,1H3. The Balaban J connectivity index is 1.37. The lowest BCUT2D eigenvalue weighted by atomic mass is 9.95. The van der Waals surface area contributed by atoms with E-state index in [1.807, 2.05) is 11.0 Å². The number of ether oxygens (including phenoxy) is 1. The molecule has 2 fully saturated rings. The second-order valence-electron chi connectivity index (χ2n) is 7.25. The van der Waals surface area contributed by atoms with Gasteiger partial charge in [-0.05, 0) is 45.0 Å². The average molecular weight is 356 g/mol. The molecule has 0 aliphatic carbocycles. The minimum absolute atomic E-state index is 0.175. The number of carbonyl (C=O) groups is 1. The van der Waals surface area contributed by atoms with E-state index in [1.54, 1.807) is 0 Å². The predicted octanol–water partition coefficient (Wildman–Crippen LogP) is 2.13. The van der Waals surface area contributed by atoms with Gasteiger partial charge in [0.05, 0.1) is 30.8 Å². The molecule has 2 aliphatic heterocycles. The van der Waals surface area contributed by atoms with Gasteiger partial charge in [0.25, 0.3) is 0 Å². The summed E-state index contributed by atoms with van der Waals surface area (Å²) in [5, 5.41) is 0. The number of carbonyl (C=O) groups excluding carboxylic acids is 1. The summed E-state index contributed by atoms with van der Waals surface area (Å²) in [4.78, 5) is 21.9. The number of hydrogen-bond donors (Lipinski definition) is 0. The molecule has 140 valence electrons. The molecule has 0 bridgehead atoms. The van der Waals surface area contributed by atoms with Gasteiger partial charge >= 0.3 is 0 Å². The monoisotopic (exact) mass is 356 g/mol. The average Bonchev–Trinajstić information content (AvgIpc) is 3.05. The number of morpholine rings is 1. The smallest absolute Gasteiger partial charge is 0.225 e. The van der Waals surface area contributed by atoms with Gasteiger partial charge in [0.1, 0.15) is 5.82 Å². The Labute approximate surface area is 154 Å². The van der Waals surface area contributed by atoms with E-state index in [1.165, 1.54) is 5.52 Å². The maximum Gasteiger partial charge on any atom is 0.225 e. The van der Waals surface area contributed by atoms with Gasteiger partial charge in [-0.3, -0.25) is 9.69 Å². The minimum atomic E-state index is 0.175. The summed E-state index contributed by atoms with van der Waals surface area (Å²) in [6.07, 6.45) is 1.89. The van der Waals surface area contributed by atoms with Crippen molar-refractivity contribution in [3.8, 4) is 0 Å². The number of fused-ring (bicyclic) bond motifs is 1. The van der Waals surface area contributed by atoms with Crippen molar-refractivity contribution in [2.45, 2.75) is 32.9 Å². The van der Waals surface area contributed by atoms with Crippen LogP contribution in [-0.4, -0.2) is 64.7 Å². The Morgan fingerprint density at radius 3 is 2.62 bits per heavy atom. The van der Waals surface area contributed by atoms with Crippen molar-refractivity contribution in [2.75, 3.05) is 39.4 Å². The maximum absolute atomic E-state index is 12.7. The van der Waals surface area contributed by atoms with Gasteiger partial charge in [-0.1, -0.05) is 12.1 Å². The highest BCUT2D eigenvalue weighted by molar-refractivity contribution is 5.79. The lowest BCUT2D eigenvalue weighted by Gasteiger charge is -2.35. The third-order valence-electron chi connectivity index (χ3n) is 5.67. The van der Waals surface area contributed by atoms with Gasteiger partial charge in [-0.2, -0.15) is 0 Å². The molecule has 0 atom stereocenters. The molecule has 1 amide bonds. The number of rotatable bonds is 4. The fourth-order valence-corrected chi connectivity index (χ4v) is 4.18. The molecule has 2 saturated heterocycles. The molecule has 1 aromatic heterocycles. The molecule has 4 rings (SSSR count). The Morgan fingerprint density at radius 2 is 1.88 bits per heavy atom. The molecule has 0 unspecified atom stereocenters. The summed E-state index contributed by atoms with van der Waals surface area (Å²) in [5.41, 5.74) is 2.28. The minimum Gasteiger partial charge on any atom is -0.378 e. The molecule has 0 N–H and O–H groups in total. The van der Waals surface area contributed by atoms with Crippen molar-refractivity contribution in [3.05, 3.63) is 30.1 Å². The fraction of sp³-hybridized carbons (Fsp3) is 0.600. The predicted molar refractivity (Wildman–Crippen MR) is 101 cm³/mol. The van der Waals surface area contributed by atoms with Gasteiger partial charge in [0, 0.05) is 25.6 Å². The summed E-state index contributed by atoms with van der Waals surface area (Å²) >= 11 is 0. The summed E-state index contributed by atoms with van der Waals surface area (Å²) in [6, 6.07) is 8.34. The second kappa shape index (κ2) is 7.76. The van der Waals surface area contributed by atoms with Crippen LogP contribution in [0.3, 0.4) is 0 Å². The third-order valence-corrected chi connectivity index (χ3v) is 5.67. The van der Waals surface area contributed by atoms with Crippen LogP contribution in [0.5, 0.6) is 0 Å². The highest BCUT2D eigenvalue weighted by Crippen LogP contribution is 2.23. The zero-order valence-corrected chi connectivity index (χ0v) is 15.6. The van der Waals surface area contributed by atoms with E-state index in [0.29, 0.717) is 19.1 Å². The normalized spacial score (nSPS) is 20.0. The number of benzene rings is 1. The van der Waals surface area contributed by atoms with Crippen molar-refractivity contribution in [2.24, 2.45) is 5.92 Å². The molecule has 2 aromatic rings.